The molecule has 36 heavy (non-hydrogen) atoms. The number of nitrogens with zero attached hydrogens (tertiary/aromatic N) is 3. The molecule has 8 nitrogen and oxygen atoms in total. The summed E-state index contributed by atoms with van der Waals surface area (Å²) in [6, 6.07) is -0.743. The highest BCUT2D eigenvalue weighted by atomic mass is 16.5. The topological polar surface area (TPSA) is 90.4 Å². The lowest BCUT2D eigenvalue weighted by atomic mass is 9.66. The summed E-state index contributed by atoms with van der Waals surface area (Å²) in [7, 11) is 0. The summed E-state index contributed by atoms with van der Waals surface area (Å²) < 4.78 is 6.72. The summed E-state index contributed by atoms with van der Waals surface area (Å²) in [5.41, 5.74) is -1.86. The van der Waals surface area contributed by atoms with Crippen LogP contribution in [0.4, 0.5) is 0 Å². The van der Waals surface area contributed by atoms with Gasteiger partial charge in [-0.15, -0.1) is 13.2 Å². The molecule has 0 aromatic carbocycles. The van der Waals surface area contributed by atoms with E-state index < -0.39 is 29.1 Å². The number of hydrogen-bond donors (Lipinski definition) is 1. The molecule has 8 heteroatoms. The Balaban J connectivity index is 1.73. The van der Waals surface area contributed by atoms with Crippen molar-refractivity contribution < 1.29 is 24.2 Å². The fourth-order valence-corrected chi connectivity index (χ4v) is 7.45. The minimum absolute atomic E-state index is 0.0480. The maximum atomic E-state index is 14.3. The Hall–Kier alpha value is -2.19. The molecule has 2 bridgehead atoms. The molecule has 3 saturated heterocycles. The molecule has 200 valence electrons. The number of amides is 3. The van der Waals surface area contributed by atoms with Gasteiger partial charge in [-0.05, 0) is 39.0 Å². The van der Waals surface area contributed by atoms with Crippen LogP contribution in [0.1, 0.15) is 65.2 Å². The number of hydrogen-bond acceptors (Lipinski definition) is 5. The van der Waals surface area contributed by atoms with Crippen LogP contribution in [-0.4, -0.2) is 93.6 Å². The molecule has 1 N–H and O–H groups in total. The van der Waals surface area contributed by atoms with Crippen LogP contribution >= 0.6 is 0 Å². The van der Waals surface area contributed by atoms with Crippen molar-refractivity contribution in [3.63, 3.8) is 0 Å². The lowest BCUT2D eigenvalue weighted by molar-refractivity contribution is -0.155. The normalized spacial score (nSPS) is 33.5. The number of aliphatic hydroxyl groups is 1. The fourth-order valence-electron chi connectivity index (χ4n) is 7.45. The van der Waals surface area contributed by atoms with E-state index in [-0.39, 0.29) is 36.9 Å². The third kappa shape index (κ3) is 4.20. The maximum Gasteiger partial charge on any atom is 0.248 e. The summed E-state index contributed by atoms with van der Waals surface area (Å²) in [6.45, 7) is 12.8. The Bertz CT molecular complexity index is 886. The van der Waals surface area contributed by atoms with E-state index in [4.69, 9.17) is 4.74 Å². The van der Waals surface area contributed by atoms with Crippen LogP contribution in [-0.2, 0) is 19.1 Å². The first kappa shape index (κ1) is 26.9. The Morgan fingerprint density at radius 2 is 1.83 bits per heavy atom. The zero-order valence-corrected chi connectivity index (χ0v) is 22.0. The molecular weight excluding hydrogens is 458 g/mol. The van der Waals surface area contributed by atoms with E-state index in [1.807, 2.05) is 18.7 Å². The van der Waals surface area contributed by atoms with E-state index in [1.165, 1.54) is 11.3 Å². The predicted molar refractivity (Wildman–Crippen MR) is 137 cm³/mol. The highest BCUT2D eigenvalue weighted by Crippen LogP contribution is 2.63. The average Bonchev–Trinajstić information content (AvgIpc) is 3.43. The van der Waals surface area contributed by atoms with Gasteiger partial charge in [-0.3, -0.25) is 14.4 Å². The lowest BCUT2D eigenvalue weighted by Crippen LogP contribution is -2.58. The zero-order valence-electron chi connectivity index (χ0n) is 22.0. The molecule has 1 saturated carbocycles. The van der Waals surface area contributed by atoms with Crippen LogP contribution in [0.15, 0.2) is 25.3 Å². The van der Waals surface area contributed by atoms with Crippen molar-refractivity contribution in [2.45, 2.75) is 88.5 Å². The van der Waals surface area contributed by atoms with E-state index in [2.05, 4.69) is 13.2 Å². The van der Waals surface area contributed by atoms with E-state index in [9.17, 15) is 19.5 Å². The van der Waals surface area contributed by atoms with E-state index in [1.54, 1.807) is 17.1 Å². The molecule has 1 aliphatic carbocycles. The van der Waals surface area contributed by atoms with Crippen molar-refractivity contribution in [3.8, 4) is 0 Å². The molecule has 4 fully saturated rings. The van der Waals surface area contributed by atoms with Gasteiger partial charge in [-0.25, -0.2) is 0 Å². The molecule has 2 unspecified atom stereocenters. The minimum atomic E-state index is -1.06. The van der Waals surface area contributed by atoms with Crippen LogP contribution in [0.25, 0.3) is 0 Å². The number of ether oxygens (including phenoxy) is 1. The predicted octanol–water partition coefficient (Wildman–Crippen LogP) is 2.52. The second-order valence-corrected chi connectivity index (χ2v) is 11.1. The maximum absolute atomic E-state index is 14.3. The quantitative estimate of drug-likeness (QED) is 0.440. The molecular formula is C28H43N3O5. The van der Waals surface area contributed by atoms with Crippen molar-refractivity contribution in [2.75, 3.05) is 32.8 Å². The number of β-amino-alcohol motifs (C(OH)–C–C–N with tert-alkyl or cyclic N) is 1. The zero-order chi connectivity index (χ0) is 26.1. The minimum Gasteiger partial charge on any atom is -0.395 e. The average molecular weight is 502 g/mol. The summed E-state index contributed by atoms with van der Waals surface area (Å²) in [4.78, 5) is 47.3. The van der Waals surface area contributed by atoms with Crippen LogP contribution in [0, 0.1) is 11.8 Å². The monoisotopic (exact) mass is 501 g/mol. The van der Waals surface area contributed by atoms with Gasteiger partial charge in [0.25, 0.3) is 0 Å². The molecule has 0 aromatic rings. The lowest BCUT2D eigenvalue weighted by Gasteiger charge is -2.40. The smallest absolute Gasteiger partial charge is 0.248 e. The van der Waals surface area contributed by atoms with Crippen LogP contribution in [0.3, 0.4) is 0 Å². The largest absolute Gasteiger partial charge is 0.395 e. The van der Waals surface area contributed by atoms with Gasteiger partial charge >= 0.3 is 0 Å². The second kappa shape index (κ2) is 10.7. The van der Waals surface area contributed by atoms with Gasteiger partial charge in [-0.1, -0.05) is 38.3 Å². The van der Waals surface area contributed by atoms with Crippen molar-refractivity contribution in [2.24, 2.45) is 11.8 Å². The Morgan fingerprint density at radius 1 is 1.14 bits per heavy atom. The third-order valence-corrected chi connectivity index (χ3v) is 8.90. The highest BCUT2D eigenvalue weighted by Gasteiger charge is 2.78. The van der Waals surface area contributed by atoms with Crippen LogP contribution < -0.4 is 0 Å². The molecule has 0 aromatic heterocycles. The number of fused-ring (bicyclic) bond motifs is 1. The number of carbonyl (C=O) groups is 3. The molecule has 4 aliphatic rings. The van der Waals surface area contributed by atoms with Gasteiger partial charge < -0.3 is 24.5 Å². The molecule has 4 rings (SSSR count). The van der Waals surface area contributed by atoms with E-state index in [0.29, 0.717) is 32.5 Å². The van der Waals surface area contributed by atoms with Gasteiger partial charge in [0.1, 0.15) is 11.6 Å². The van der Waals surface area contributed by atoms with Crippen molar-refractivity contribution in [3.05, 3.63) is 25.3 Å². The van der Waals surface area contributed by atoms with Crippen molar-refractivity contribution in [1.82, 2.24) is 14.7 Å². The van der Waals surface area contributed by atoms with Gasteiger partial charge in [0, 0.05) is 32.2 Å². The Kier molecular flexibility index (Phi) is 7.95. The van der Waals surface area contributed by atoms with Crippen LogP contribution in [0.5, 0.6) is 0 Å². The molecule has 0 radical (unpaired) electrons. The van der Waals surface area contributed by atoms with Gasteiger partial charge in [-0.2, -0.15) is 0 Å². The first-order valence-electron chi connectivity index (χ1n) is 13.7. The Morgan fingerprint density at radius 3 is 2.44 bits per heavy atom. The first-order valence-corrected chi connectivity index (χ1v) is 13.7. The first-order chi connectivity index (χ1) is 17.3. The molecule has 3 amide bonds. The van der Waals surface area contributed by atoms with Crippen molar-refractivity contribution >= 4 is 17.7 Å². The summed E-state index contributed by atoms with van der Waals surface area (Å²) in [5.74, 6) is -1.88. The third-order valence-electron chi connectivity index (χ3n) is 8.90. The number of likely N-dealkylation sites (tertiary alicyclic amines) is 1. The molecule has 5 atom stereocenters. The number of carbonyl (C=O) groups excluding carboxylic acids is 3. The van der Waals surface area contributed by atoms with Gasteiger partial charge in [0.05, 0.1) is 24.0 Å². The van der Waals surface area contributed by atoms with Gasteiger partial charge in [0.2, 0.25) is 17.7 Å². The SMILES string of the molecule is C=CCN(CCC)C(=O)[C@@H]1[C@H]2C(=O)N(CCO)C(C(=O)N(CC=C)C3CCCCC3)C23CC[C@@]1(C)O3. The second-order valence-electron chi connectivity index (χ2n) is 11.1. The highest BCUT2D eigenvalue weighted by molar-refractivity contribution is 5.99. The van der Waals surface area contributed by atoms with E-state index in [0.717, 1.165) is 32.1 Å². The van der Waals surface area contributed by atoms with Crippen LogP contribution in [0.2, 0.25) is 0 Å². The standard InChI is InChI=1S/C28H43N3O5/c1-5-15-29(16-6-2)24(33)21-22-25(34)31(18-19-32)23(28(22)14-13-27(21,4)36-28)26(35)30(17-7-3)20-11-9-8-10-12-20/h5,7,20-23,32H,1,3,6,8-19H2,2,4H3/t21-,22-,23?,27+,28?/m0/s1. The fraction of sp³-hybridized carbons (Fsp3) is 0.750. The molecule has 1 spiro atoms. The Labute approximate surface area is 215 Å². The van der Waals surface area contributed by atoms with E-state index >= 15 is 0 Å². The number of rotatable bonds is 11. The summed E-state index contributed by atoms with van der Waals surface area (Å²) >= 11 is 0. The molecule has 3 heterocycles. The number of aliphatic hydroxyl groups excluding tert-OH is 1. The summed E-state index contributed by atoms with van der Waals surface area (Å²) in [5, 5.41) is 9.86. The van der Waals surface area contributed by atoms with Gasteiger partial charge in [0.15, 0.2) is 0 Å². The van der Waals surface area contributed by atoms with Crippen molar-refractivity contribution in [1.29, 1.82) is 0 Å². The molecule has 3 aliphatic heterocycles. The summed E-state index contributed by atoms with van der Waals surface area (Å²) in [6.07, 6.45) is 10.6.